The van der Waals surface area contributed by atoms with Crippen molar-refractivity contribution in [2.75, 3.05) is 25.4 Å². The van der Waals surface area contributed by atoms with Crippen LogP contribution in [0.1, 0.15) is 25.7 Å². The lowest BCUT2D eigenvalue weighted by molar-refractivity contribution is -0.127. The zero-order valence-electron chi connectivity index (χ0n) is 13.8. The van der Waals surface area contributed by atoms with E-state index in [0.29, 0.717) is 31.7 Å². The van der Waals surface area contributed by atoms with Crippen LogP contribution < -0.4 is 16.6 Å². The minimum atomic E-state index is -0.401. The molecule has 10 nitrogen and oxygen atoms in total. The van der Waals surface area contributed by atoms with Crippen molar-refractivity contribution < 1.29 is 9.59 Å². The van der Waals surface area contributed by atoms with Gasteiger partial charge in [-0.15, -0.1) is 0 Å². The second-order valence-electron chi connectivity index (χ2n) is 6.00. The molecule has 2 aromatic rings. The van der Waals surface area contributed by atoms with E-state index in [1.807, 2.05) is 4.90 Å². The molecule has 0 radical (unpaired) electrons. The van der Waals surface area contributed by atoms with Gasteiger partial charge in [0, 0.05) is 39.0 Å². The number of nitrogen functional groups attached to an aromatic ring is 1. The molecule has 1 aliphatic heterocycles. The van der Waals surface area contributed by atoms with E-state index in [2.05, 4.69) is 20.3 Å². The van der Waals surface area contributed by atoms with Crippen LogP contribution in [0.15, 0.2) is 11.1 Å². The number of aryl methyl sites for hydroxylation is 1. The number of nitrogens with zero attached hydrogens (tertiary/aromatic N) is 4. The molecule has 1 fully saturated rings. The van der Waals surface area contributed by atoms with Gasteiger partial charge >= 0.3 is 0 Å². The maximum atomic E-state index is 11.9. The number of nitrogens with one attached hydrogen (secondary N) is 2. The van der Waals surface area contributed by atoms with Crippen LogP contribution >= 0.6 is 0 Å². The van der Waals surface area contributed by atoms with E-state index >= 15 is 0 Å². The highest BCUT2D eigenvalue weighted by Gasteiger charge is 2.19. The number of rotatable bonds is 7. The van der Waals surface area contributed by atoms with Crippen molar-refractivity contribution in [3.63, 3.8) is 0 Å². The van der Waals surface area contributed by atoms with Gasteiger partial charge < -0.3 is 20.5 Å². The molecule has 1 saturated heterocycles. The molecule has 0 bridgehead atoms. The Kier molecular flexibility index (Phi) is 4.96. The van der Waals surface area contributed by atoms with Crippen molar-refractivity contribution in [2.45, 2.75) is 32.2 Å². The minimum Gasteiger partial charge on any atom is -0.369 e. The molecule has 0 aliphatic carbocycles. The highest BCUT2D eigenvalue weighted by molar-refractivity contribution is 5.78. The number of aromatic nitrogens is 4. The lowest BCUT2D eigenvalue weighted by atomic mass is 10.3. The molecule has 1 aliphatic rings. The first-order valence-corrected chi connectivity index (χ1v) is 8.29. The SMILES string of the molecule is Nc1nc2c(ncn2CCC(=O)NCCCN2CCCC2=O)c(=O)[nH]1. The molecule has 4 N–H and O–H groups in total. The molecule has 0 atom stereocenters. The number of amides is 2. The van der Waals surface area contributed by atoms with E-state index < -0.39 is 5.56 Å². The van der Waals surface area contributed by atoms with Crippen molar-refractivity contribution in [3.05, 3.63) is 16.7 Å². The van der Waals surface area contributed by atoms with Crippen molar-refractivity contribution >= 4 is 28.9 Å². The van der Waals surface area contributed by atoms with E-state index in [1.54, 1.807) is 4.57 Å². The summed E-state index contributed by atoms with van der Waals surface area (Å²) in [6.07, 6.45) is 4.00. The number of fused-ring (bicyclic) bond motifs is 1. The average molecular weight is 347 g/mol. The molecular formula is C15H21N7O3. The summed E-state index contributed by atoms with van der Waals surface area (Å²) in [6, 6.07) is 0. The van der Waals surface area contributed by atoms with Gasteiger partial charge in [-0.05, 0) is 12.8 Å². The van der Waals surface area contributed by atoms with Gasteiger partial charge in [-0.2, -0.15) is 4.98 Å². The van der Waals surface area contributed by atoms with Crippen LogP contribution in [0.5, 0.6) is 0 Å². The van der Waals surface area contributed by atoms with Gasteiger partial charge in [0.2, 0.25) is 17.8 Å². The Morgan fingerprint density at radius 1 is 1.36 bits per heavy atom. The van der Waals surface area contributed by atoms with Gasteiger partial charge in [0.25, 0.3) is 5.56 Å². The number of likely N-dealkylation sites (tertiary alicyclic amines) is 1. The Hall–Kier alpha value is -2.91. The number of imidazole rings is 1. The minimum absolute atomic E-state index is 0.0140. The van der Waals surface area contributed by atoms with Crippen LogP contribution in [-0.4, -0.2) is 55.9 Å². The van der Waals surface area contributed by atoms with Crippen LogP contribution in [0, 0.1) is 0 Å². The van der Waals surface area contributed by atoms with Crippen molar-refractivity contribution in [1.82, 2.24) is 29.7 Å². The van der Waals surface area contributed by atoms with Crippen LogP contribution in [0.3, 0.4) is 0 Å². The maximum Gasteiger partial charge on any atom is 0.280 e. The van der Waals surface area contributed by atoms with Gasteiger partial charge in [-0.1, -0.05) is 0 Å². The van der Waals surface area contributed by atoms with Gasteiger partial charge in [0.1, 0.15) is 0 Å². The smallest absolute Gasteiger partial charge is 0.280 e. The van der Waals surface area contributed by atoms with Crippen LogP contribution in [0.4, 0.5) is 5.95 Å². The zero-order chi connectivity index (χ0) is 17.8. The fraction of sp³-hybridized carbons (Fsp3) is 0.533. The molecule has 3 rings (SSSR count). The topological polar surface area (TPSA) is 139 Å². The zero-order valence-corrected chi connectivity index (χ0v) is 13.8. The number of carbonyl (C=O) groups excluding carboxylic acids is 2. The van der Waals surface area contributed by atoms with E-state index in [1.165, 1.54) is 6.33 Å². The standard InChI is InChI=1S/C15H21N7O3/c16-15-19-13-12(14(25)20-15)18-9-22(13)8-4-10(23)17-5-2-7-21-6-1-3-11(21)24/h9H,1-8H2,(H,17,23)(H3,16,19,20,25). The molecule has 10 heteroatoms. The third-order valence-corrected chi connectivity index (χ3v) is 4.17. The lowest BCUT2D eigenvalue weighted by Crippen LogP contribution is -2.31. The fourth-order valence-corrected chi connectivity index (χ4v) is 2.88. The third kappa shape index (κ3) is 3.95. The summed E-state index contributed by atoms with van der Waals surface area (Å²) >= 11 is 0. The second-order valence-corrected chi connectivity index (χ2v) is 6.00. The summed E-state index contributed by atoms with van der Waals surface area (Å²) in [6.45, 7) is 2.37. The Morgan fingerprint density at radius 2 is 2.20 bits per heavy atom. The summed E-state index contributed by atoms with van der Waals surface area (Å²) in [5, 5.41) is 2.83. The summed E-state index contributed by atoms with van der Waals surface area (Å²) < 4.78 is 1.63. The predicted octanol–water partition coefficient (Wildman–Crippen LogP) is -0.779. The van der Waals surface area contributed by atoms with E-state index in [4.69, 9.17) is 5.73 Å². The highest BCUT2D eigenvalue weighted by atomic mass is 16.2. The number of hydrogen-bond acceptors (Lipinski definition) is 6. The summed E-state index contributed by atoms with van der Waals surface area (Å²) in [4.78, 5) is 47.4. The van der Waals surface area contributed by atoms with Gasteiger partial charge in [0.05, 0.1) is 6.33 Å². The van der Waals surface area contributed by atoms with Crippen molar-refractivity contribution in [2.24, 2.45) is 0 Å². The van der Waals surface area contributed by atoms with Gasteiger partial charge in [-0.3, -0.25) is 19.4 Å². The monoisotopic (exact) mass is 347 g/mol. The molecular weight excluding hydrogens is 326 g/mol. The quantitative estimate of drug-likeness (QED) is 0.562. The van der Waals surface area contributed by atoms with Crippen molar-refractivity contribution in [1.29, 1.82) is 0 Å². The molecule has 134 valence electrons. The van der Waals surface area contributed by atoms with Gasteiger partial charge in [-0.25, -0.2) is 4.98 Å². The molecule has 2 aromatic heterocycles. The largest absolute Gasteiger partial charge is 0.369 e. The molecule has 0 unspecified atom stereocenters. The Balaban J connectivity index is 1.45. The van der Waals surface area contributed by atoms with E-state index in [9.17, 15) is 14.4 Å². The first-order chi connectivity index (χ1) is 12.0. The molecule has 2 amide bonds. The summed E-state index contributed by atoms with van der Waals surface area (Å²) in [5.74, 6) is 0.104. The summed E-state index contributed by atoms with van der Waals surface area (Å²) in [5.41, 5.74) is 5.70. The first-order valence-electron chi connectivity index (χ1n) is 8.29. The Bertz CT molecular complexity index is 841. The third-order valence-electron chi connectivity index (χ3n) is 4.17. The normalized spacial score (nSPS) is 14.4. The molecule has 25 heavy (non-hydrogen) atoms. The number of H-pyrrole nitrogens is 1. The van der Waals surface area contributed by atoms with E-state index in [0.717, 1.165) is 19.4 Å². The molecule has 0 spiro atoms. The number of nitrogens with two attached hydrogens (primary N) is 1. The predicted molar refractivity (Wildman–Crippen MR) is 90.6 cm³/mol. The molecule has 0 aromatic carbocycles. The fourth-order valence-electron chi connectivity index (χ4n) is 2.88. The first kappa shape index (κ1) is 16.9. The average Bonchev–Trinajstić information content (AvgIpc) is 3.16. The number of anilines is 1. The van der Waals surface area contributed by atoms with Crippen LogP contribution in [0.2, 0.25) is 0 Å². The summed E-state index contributed by atoms with van der Waals surface area (Å²) in [7, 11) is 0. The maximum absolute atomic E-state index is 11.9. The van der Waals surface area contributed by atoms with Crippen molar-refractivity contribution in [3.8, 4) is 0 Å². The second kappa shape index (κ2) is 7.32. The highest BCUT2D eigenvalue weighted by Crippen LogP contribution is 2.09. The molecule has 3 heterocycles. The van der Waals surface area contributed by atoms with Crippen LogP contribution in [-0.2, 0) is 16.1 Å². The lowest BCUT2D eigenvalue weighted by Gasteiger charge is -2.15. The van der Waals surface area contributed by atoms with Crippen LogP contribution in [0.25, 0.3) is 11.2 Å². The Labute approximate surface area is 143 Å². The molecule has 0 saturated carbocycles. The van der Waals surface area contributed by atoms with E-state index in [-0.39, 0.29) is 29.7 Å². The van der Waals surface area contributed by atoms with Gasteiger partial charge in [0.15, 0.2) is 11.2 Å². The Morgan fingerprint density at radius 3 is 2.96 bits per heavy atom. The number of aromatic amines is 1. The number of carbonyl (C=O) groups is 2. The number of hydrogen-bond donors (Lipinski definition) is 3.